The van der Waals surface area contributed by atoms with Gasteiger partial charge in [0.2, 0.25) is 0 Å². The van der Waals surface area contributed by atoms with Gasteiger partial charge in [-0.1, -0.05) is 13.8 Å². The van der Waals surface area contributed by atoms with Crippen molar-refractivity contribution >= 4 is 15.9 Å². The Morgan fingerprint density at radius 1 is 1.35 bits per heavy atom. The van der Waals surface area contributed by atoms with E-state index < -0.39 is 0 Å². The summed E-state index contributed by atoms with van der Waals surface area (Å²) < 4.78 is 15.9. The SMILES string of the molecule is CCCn1ncc(Br)c1C(NCC)c1ccc(F)cn1. The maximum Gasteiger partial charge on any atom is 0.141 e. The molecule has 0 aliphatic heterocycles. The zero-order valence-electron chi connectivity index (χ0n) is 11.6. The van der Waals surface area contributed by atoms with Crippen molar-refractivity contribution in [3.05, 3.63) is 46.2 Å². The highest BCUT2D eigenvalue weighted by atomic mass is 79.9. The molecule has 2 aromatic heterocycles. The number of pyridine rings is 1. The molecule has 108 valence electrons. The average molecular weight is 341 g/mol. The van der Waals surface area contributed by atoms with Gasteiger partial charge < -0.3 is 5.32 Å². The molecule has 0 radical (unpaired) electrons. The second-order valence-electron chi connectivity index (χ2n) is 4.49. The molecule has 0 fully saturated rings. The molecule has 0 aromatic carbocycles. The van der Waals surface area contributed by atoms with E-state index in [1.54, 1.807) is 12.3 Å². The van der Waals surface area contributed by atoms with Crippen molar-refractivity contribution in [3.63, 3.8) is 0 Å². The first kappa shape index (κ1) is 15.1. The first-order valence-corrected chi connectivity index (χ1v) is 7.52. The summed E-state index contributed by atoms with van der Waals surface area (Å²) in [5, 5.41) is 7.76. The molecule has 1 unspecified atom stereocenters. The molecule has 6 heteroatoms. The molecule has 0 bridgehead atoms. The molecular formula is C14H18BrFN4. The van der Waals surface area contributed by atoms with E-state index in [-0.39, 0.29) is 11.9 Å². The zero-order chi connectivity index (χ0) is 14.5. The van der Waals surface area contributed by atoms with Crippen LogP contribution in [0.25, 0.3) is 0 Å². The molecule has 20 heavy (non-hydrogen) atoms. The van der Waals surface area contributed by atoms with E-state index in [0.717, 1.165) is 35.4 Å². The van der Waals surface area contributed by atoms with Crippen LogP contribution in [0.15, 0.2) is 29.0 Å². The summed E-state index contributed by atoms with van der Waals surface area (Å²) in [5.74, 6) is -0.329. The van der Waals surface area contributed by atoms with E-state index in [9.17, 15) is 4.39 Å². The summed E-state index contributed by atoms with van der Waals surface area (Å²) in [5.41, 5.74) is 1.81. The molecule has 0 saturated carbocycles. The zero-order valence-corrected chi connectivity index (χ0v) is 13.2. The third-order valence-corrected chi connectivity index (χ3v) is 3.61. The maximum absolute atomic E-state index is 13.0. The van der Waals surface area contributed by atoms with E-state index >= 15 is 0 Å². The summed E-state index contributed by atoms with van der Waals surface area (Å²) >= 11 is 3.54. The van der Waals surface area contributed by atoms with Gasteiger partial charge in [-0.15, -0.1) is 0 Å². The van der Waals surface area contributed by atoms with Crippen LogP contribution in [0.3, 0.4) is 0 Å². The summed E-state index contributed by atoms with van der Waals surface area (Å²) in [6.45, 7) is 5.76. The van der Waals surface area contributed by atoms with Crippen LogP contribution >= 0.6 is 15.9 Å². The molecule has 0 aliphatic rings. The highest BCUT2D eigenvalue weighted by molar-refractivity contribution is 9.10. The number of nitrogens with one attached hydrogen (secondary N) is 1. The monoisotopic (exact) mass is 340 g/mol. The first-order chi connectivity index (χ1) is 9.67. The third-order valence-electron chi connectivity index (χ3n) is 3.00. The fourth-order valence-electron chi connectivity index (χ4n) is 2.15. The van der Waals surface area contributed by atoms with Crippen molar-refractivity contribution in [2.45, 2.75) is 32.9 Å². The minimum atomic E-state index is -0.329. The number of aromatic nitrogens is 3. The Morgan fingerprint density at radius 2 is 2.15 bits per heavy atom. The molecule has 1 atom stereocenters. The Morgan fingerprint density at radius 3 is 2.75 bits per heavy atom. The summed E-state index contributed by atoms with van der Waals surface area (Å²) in [6, 6.07) is 3.03. The fourth-order valence-corrected chi connectivity index (χ4v) is 2.68. The van der Waals surface area contributed by atoms with Gasteiger partial charge in [-0.2, -0.15) is 5.10 Å². The van der Waals surface area contributed by atoms with Gasteiger partial charge in [0.25, 0.3) is 0 Å². The van der Waals surface area contributed by atoms with Crippen LogP contribution in [-0.4, -0.2) is 21.3 Å². The van der Waals surface area contributed by atoms with E-state index in [2.05, 4.69) is 38.3 Å². The molecule has 2 aromatic rings. The lowest BCUT2D eigenvalue weighted by Crippen LogP contribution is -2.26. The van der Waals surface area contributed by atoms with Crippen molar-refractivity contribution in [1.82, 2.24) is 20.1 Å². The third kappa shape index (κ3) is 3.24. The van der Waals surface area contributed by atoms with Gasteiger partial charge in [0.15, 0.2) is 0 Å². The highest BCUT2D eigenvalue weighted by Crippen LogP contribution is 2.27. The quantitative estimate of drug-likeness (QED) is 0.877. The molecule has 0 aliphatic carbocycles. The lowest BCUT2D eigenvalue weighted by Gasteiger charge is -2.19. The van der Waals surface area contributed by atoms with Crippen LogP contribution in [0.5, 0.6) is 0 Å². The van der Waals surface area contributed by atoms with Crippen LogP contribution < -0.4 is 5.32 Å². The van der Waals surface area contributed by atoms with Crippen LogP contribution in [0.2, 0.25) is 0 Å². The van der Waals surface area contributed by atoms with E-state index in [1.807, 2.05) is 11.6 Å². The van der Waals surface area contributed by atoms with Crippen molar-refractivity contribution in [3.8, 4) is 0 Å². The average Bonchev–Trinajstić information content (AvgIpc) is 2.79. The van der Waals surface area contributed by atoms with Gasteiger partial charge in [0.1, 0.15) is 5.82 Å². The Balaban J connectivity index is 2.42. The Labute approximate surface area is 126 Å². The van der Waals surface area contributed by atoms with Gasteiger partial charge in [-0.05, 0) is 41.0 Å². The normalized spacial score (nSPS) is 12.6. The maximum atomic E-state index is 13.0. The van der Waals surface area contributed by atoms with Gasteiger partial charge in [-0.25, -0.2) is 4.39 Å². The predicted octanol–water partition coefficient (Wildman–Crippen LogP) is 3.29. The summed E-state index contributed by atoms with van der Waals surface area (Å²) in [6.07, 6.45) is 4.03. The molecule has 0 amide bonds. The van der Waals surface area contributed by atoms with Crippen molar-refractivity contribution in [2.75, 3.05) is 6.54 Å². The van der Waals surface area contributed by atoms with Crippen LogP contribution in [0.1, 0.15) is 37.7 Å². The van der Waals surface area contributed by atoms with Gasteiger partial charge in [-0.3, -0.25) is 9.67 Å². The van der Waals surface area contributed by atoms with Crippen molar-refractivity contribution < 1.29 is 4.39 Å². The second kappa shape index (κ2) is 6.95. The standard InChI is InChI=1S/C14H18BrFN4/c1-3-7-20-14(11(15)9-19-20)13(17-4-2)12-6-5-10(16)8-18-12/h5-6,8-9,13,17H,3-4,7H2,1-2H3. The topological polar surface area (TPSA) is 42.7 Å². The van der Waals surface area contributed by atoms with E-state index in [4.69, 9.17) is 0 Å². The molecule has 1 N–H and O–H groups in total. The molecule has 0 spiro atoms. The number of aryl methyl sites for hydroxylation is 1. The highest BCUT2D eigenvalue weighted by Gasteiger charge is 2.22. The van der Waals surface area contributed by atoms with Crippen LogP contribution in [0, 0.1) is 5.82 Å². The van der Waals surface area contributed by atoms with Gasteiger partial charge >= 0.3 is 0 Å². The lowest BCUT2D eigenvalue weighted by molar-refractivity contribution is 0.511. The Hall–Kier alpha value is -1.27. The number of hydrogen-bond acceptors (Lipinski definition) is 3. The summed E-state index contributed by atoms with van der Waals surface area (Å²) in [7, 11) is 0. The molecule has 2 rings (SSSR count). The number of hydrogen-bond donors (Lipinski definition) is 1. The summed E-state index contributed by atoms with van der Waals surface area (Å²) in [4.78, 5) is 4.20. The van der Waals surface area contributed by atoms with Gasteiger partial charge in [0, 0.05) is 6.54 Å². The Bertz CT molecular complexity index is 553. The largest absolute Gasteiger partial charge is 0.304 e. The van der Waals surface area contributed by atoms with Crippen molar-refractivity contribution in [2.24, 2.45) is 0 Å². The van der Waals surface area contributed by atoms with E-state index in [1.165, 1.54) is 12.3 Å². The number of halogens is 2. The fraction of sp³-hybridized carbons (Fsp3) is 0.429. The van der Waals surface area contributed by atoms with E-state index in [0.29, 0.717) is 0 Å². The number of rotatable bonds is 6. The van der Waals surface area contributed by atoms with Crippen LogP contribution in [-0.2, 0) is 6.54 Å². The molecule has 2 heterocycles. The first-order valence-electron chi connectivity index (χ1n) is 6.73. The minimum absolute atomic E-state index is 0.107. The van der Waals surface area contributed by atoms with Crippen molar-refractivity contribution in [1.29, 1.82) is 0 Å². The number of nitrogens with zero attached hydrogens (tertiary/aromatic N) is 3. The minimum Gasteiger partial charge on any atom is -0.304 e. The molecular weight excluding hydrogens is 323 g/mol. The van der Waals surface area contributed by atoms with Gasteiger partial charge in [0.05, 0.1) is 34.3 Å². The smallest absolute Gasteiger partial charge is 0.141 e. The predicted molar refractivity (Wildman–Crippen MR) is 79.9 cm³/mol. The van der Waals surface area contributed by atoms with Crippen LogP contribution in [0.4, 0.5) is 4.39 Å². The molecule has 0 saturated heterocycles. The second-order valence-corrected chi connectivity index (χ2v) is 5.35. The Kier molecular flexibility index (Phi) is 5.25. The molecule has 4 nitrogen and oxygen atoms in total. The lowest BCUT2D eigenvalue weighted by atomic mass is 10.1.